The molecule has 39 heavy (non-hydrogen) atoms. The molecule has 1 aromatic heterocycles. The molecule has 0 radical (unpaired) electrons. The molecule has 3 fully saturated rings. The van der Waals surface area contributed by atoms with Gasteiger partial charge in [0.05, 0.1) is 23.2 Å². The number of anilines is 1. The van der Waals surface area contributed by atoms with E-state index in [1.165, 1.54) is 13.0 Å². The van der Waals surface area contributed by atoms with Gasteiger partial charge in [0.1, 0.15) is 35.8 Å². The van der Waals surface area contributed by atoms with Gasteiger partial charge in [0.25, 0.3) is 0 Å². The number of carbonyl (C=O) groups is 1. The molecule has 3 atom stereocenters. The van der Waals surface area contributed by atoms with E-state index in [1.54, 1.807) is 4.90 Å². The van der Waals surface area contributed by atoms with E-state index < -0.39 is 52.5 Å². The van der Waals surface area contributed by atoms with Gasteiger partial charge < -0.3 is 10.2 Å². The first-order valence-electron chi connectivity index (χ1n) is 12.4. The summed E-state index contributed by atoms with van der Waals surface area (Å²) < 4.78 is 96.8. The maximum atomic E-state index is 14.7. The summed E-state index contributed by atoms with van der Waals surface area (Å²) in [6.45, 7) is 1.21. The number of halogens is 5. The Balaban J connectivity index is 1.30. The summed E-state index contributed by atoms with van der Waals surface area (Å²) in [5.41, 5.74) is 0.381. The number of nitrogens with zero attached hydrogens (tertiary/aromatic N) is 4. The summed E-state index contributed by atoms with van der Waals surface area (Å²) in [5, 5.41) is 2.62. The van der Waals surface area contributed by atoms with Gasteiger partial charge in [0.15, 0.2) is 0 Å². The van der Waals surface area contributed by atoms with E-state index in [2.05, 4.69) is 20.0 Å². The average Bonchev–Trinajstić information content (AvgIpc) is 3.64. The molecular weight excluding hydrogens is 549 g/mol. The Kier molecular flexibility index (Phi) is 7.26. The zero-order valence-electron chi connectivity index (χ0n) is 20.7. The number of benzene rings is 1. The Bertz CT molecular complexity index is 1330. The molecule has 2 aliphatic heterocycles. The SMILES string of the molecule is CC1C(F)CC(C(=O)NCc2cc(N3CC(OC(F)(F)F)C3)nc(C3CC3)n2)N1S(=O)(=O)c1ccc(F)cc1. The van der Waals surface area contributed by atoms with E-state index in [0.29, 0.717) is 17.3 Å². The number of nitrogens with one attached hydrogen (secondary N) is 1. The monoisotopic (exact) mass is 575 g/mol. The lowest BCUT2D eigenvalue weighted by molar-refractivity contribution is -0.344. The van der Waals surface area contributed by atoms with Gasteiger partial charge in [-0.2, -0.15) is 4.31 Å². The molecule has 212 valence electrons. The highest BCUT2D eigenvalue weighted by Crippen LogP contribution is 2.39. The Hall–Kier alpha value is -2.91. The number of aromatic nitrogens is 2. The van der Waals surface area contributed by atoms with E-state index in [-0.39, 0.29) is 36.9 Å². The van der Waals surface area contributed by atoms with E-state index in [0.717, 1.165) is 41.4 Å². The first-order valence-corrected chi connectivity index (χ1v) is 13.8. The second-order valence-corrected chi connectivity index (χ2v) is 11.8. The molecule has 15 heteroatoms. The van der Waals surface area contributed by atoms with E-state index in [4.69, 9.17) is 0 Å². The summed E-state index contributed by atoms with van der Waals surface area (Å²) in [4.78, 5) is 23.4. The van der Waals surface area contributed by atoms with E-state index >= 15 is 0 Å². The van der Waals surface area contributed by atoms with Crippen LogP contribution in [0, 0.1) is 5.82 Å². The topological polar surface area (TPSA) is 105 Å². The lowest BCUT2D eigenvalue weighted by atomic mass is 10.1. The van der Waals surface area contributed by atoms with Crippen LogP contribution in [0.2, 0.25) is 0 Å². The molecule has 2 saturated heterocycles. The predicted molar refractivity (Wildman–Crippen MR) is 127 cm³/mol. The number of hydrogen-bond donors (Lipinski definition) is 1. The van der Waals surface area contributed by atoms with Crippen LogP contribution in [-0.4, -0.2) is 72.4 Å². The van der Waals surface area contributed by atoms with Crippen molar-refractivity contribution >= 4 is 21.7 Å². The number of carbonyl (C=O) groups excluding carboxylic acids is 1. The molecule has 3 unspecified atom stereocenters. The normalized spacial score (nSPS) is 24.6. The summed E-state index contributed by atoms with van der Waals surface area (Å²) in [6.07, 6.45) is -5.97. The fourth-order valence-electron chi connectivity index (χ4n) is 4.76. The molecule has 1 aromatic carbocycles. The number of ether oxygens (including phenoxy) is 1. The van der Waals surface area contributed by atoms with Gasteiger partial charge in [-0.1, -0.05) is 0 Å². The highest BCUT2D eigenvalue weighted by atomic mass is 32.2. The Morgan fingerprint density at radius 2 is 1.82 bits per heavy atom. The van der Waals surface area contributed by atoms with Gasteiger partial charge >= 0.3 is 6.36 Å². The minimum Gasteiger partial charge on any atom is -0.351 e. The Morgan fingerprint density at radius 3 is 2.44 bits per heavy atom. The van der Waals surface area contributed by atoms with Crippen LogP contribution in [0.5, 0.6) is 0 Å². The number of sulfonamides is 1. The molecule has 0 spiro atoms. The maximum Gasteiger partial charge on any atom is 0.522 e. The molecule has 1 N–H and O–H groups in total. The van der Waals surface area contributed by atoms with Crippen molar-refractivity contribution in [1.29, 1.82) is 0 Å². The number of alkyl halides is 4. The van der Waals surface area contributed by atoms with Crippen LogP contribution in [0.1, 0.15) is 43.6 Å². The minimum atomic E-state index is -4.73. The second kappa shape index (κ2) is 10.2. The molecule has 1 saturated carbocycles. The first kappa shape index (κ1) is 27.6. The first-order chi connectivity index (χ1) is 18.3. The van der Waals surface area contributed by atoms with Gasteiger partial charge in [0.2, 0.25) is 15.9 Å². The summed E-state index contributed by atoms with van der Waals surface area (Å²) in [6, 6.07) is 3.12. The zero-order valence-corrected chi connectivity index (χ0v) is 21.6. The lowest BCUT2D eigenvalue weighted by Crippen LogP contribution is -2.54. The van der Waals surface area contributed by atoms with Gasteiger partial charge in [0, 0.05) is 31.5 Å². The van der Waals surface area contributed by atoms with Crippen LogP contribution >= 0.6 is 0 Å². The van der Waals surface area contributed by atoms with Gasteiger partial charge in [-0.3, -0.25) is 9.53 Å². The Morgan fingerprint density at radius 1 is 1.15 bits per heavy atom. The summed E-state index contributed by atoms with van der Waals surface area (Å²) >= 11 is 0. The fourth-order valence-corrected chi connectivity index (χ4v) is 6.57. The lowest BCUT2D eigenvalue weighted by Gasteiger charge is -2.40. The van der Waals surface area contributed by atoms with Crippen LogP contribution in [0.15, 0.2) is 35.2 Å². The molecule has 1 amide bonds. The highest BCUT2D eigenvalue weighted by molar-refractivity contribution is 7.89. The molecule has 3 heterocycles. The van der Waals surface area contributed by atoms with Crippen molar-refractivity contribution in [2.24, 2.45) is 0 Å². The molecule has 3 aliphatic rings. The third-order valence-electron chi connectivity index (χ3n) is 7.01. The largest absolute Gasteiger partial charge is 0.522 e. The van der Waals surface area contributed by atoms with Gasteiger partial charge in [-0.25, -0.2) is 27.2 Å². The van der Waals surface area contributed by atoms with Crippen molar-refractivity contribution in [2.75, 3.05) is 18.0 Å². The molecule has 5 rings (SSSR count). The quantitative estimate of drug-likeness (QED) is 0.483. The smallest absolute Gasteiger partial charge is 0.351 e. The number of rotatable bonds is 8. The van der Waals surface area contributed by atoms with Crippen molar-refractivity contribution < 1.29 is 39.9 Å². The third-order valence-corrected chi connectivity index (χ3v) is 9.02. The highest BCUT2D eigenvalue weighted by Gasteiger charge is 2.49. The molecule has 9 nitrogen and oxygen atoms in total. The van der Waals surface area contributed by atoms with Crippen molar-refractivity contribution in [2.45, 2.75) is 74.3 Å². The third kappa shape index (κ3) is 5.99. The Labute approximate surface area is 221 Å². The zero-order chi connectivity index (χ0) is 28.1. The summed E-state index contributed by atoms with van der Waals surface area (Å²) in [5.74, 6) is -0.351. The van der Waals surface area contributed by atoms with Crippen LogP contribution < -0.4 is 10.2 Å². The van der Waals surface area contributed by atoms with Gasteiger partial charge in [-0.05, 0) is 44.0 Å². The molecular formula is C24H26F5N5O4S. The van der Waals surface area contributed by atoms with Crippen LogP contribution in [-0.2, 0) is 26.1 Å². The van der Waals surface area contributed by atoms with Crippen LogP contribution in [0.3, 0.4) is 0 Å². The van der Waals surface area contributed by atoms with Crippen molar-refractivity contribution in [3.63, 3.8) is 0 Å². The van der Waals surface area contributed by atoms with Gasteiger partial charge in [-0.15, -0.1) is 13.2 Å². The predicted octanol–water partition coefficient (Wildman–Crippen LogP) is 3.02. The van der Waals surface area contributed by atoms with Crippen molar-refractivity contribution in [3.05, 3.63) is 47.7 Å². The van der Waals surface area contributed by atoms with Crippen molar-refractivity contribution in [3.8, 4) is 0 Å². The molecule has 0 bridgehead atoms. The standard InChI is InChI=1S/C24H26F5N5O4S/c1-13-19(26)9-20(34(13)39(36,37)18-6-4-15(25)5-7-18)23(35)30-10-16-8-21(32-22(31-16)14-2-3-14)33-11-17(12-33)38-24(27,28)29/h4-8,13-14,17,19-20H,2-3,9-12H2,1H3,(H,30,35). The van der Waals surface area contributed by atoms with Crippen molar-refractivity contribution in [1.82, 2.24) is 19.6 Å². The number of hydrogen-bond acceptors (Lipinski definition) is 7. The number of amides is 1. The van der Waals surface area contributed by atoms with E-state index in [1.807, 2.05) is 0 Å². The second-order valence-electron chi connectivity index (χ2n) is 9.96. The average molecular weight is 576 g/mol. The van der Waals surface area contributed by atoms with E-state index in [9.17, 15) is 35.2 Å². The minimum absolute atomic E-state index is 0.0134. The summed E-state index contributed by atoms with van der Waals surface area (Å²) in [7, 11) is -4.31. The van der Waals surface area contributed by atoms with Crippen LogP contribution in [0.25, 0.3) is 0 Å². The fraction of sp³-hybridized carbons (Fsp3) is 0.542. The van der Waals surface area contributed by atoms with Crippen LogP contribution in [0.4, 0.5) is 27.8 Å². The maximum absolute atomic E-state index is 14.7. The molecule has 2 aromatic rings. The molecule has 1 aliphatic carbocycles.